The molecule has 0 aromatic heterocycles. The number of nitrogens with zero attached hydrogens (tertiary/aromatic N) is 1. The van der Waals surface area contributed by atoms with Gasteiger partial charge in [-0.3, -0.25) is 4.99 Å². The van der Waals surface area contributed by atoms with Crippen molar-refractivity contribution in [1.82, 2.24) is 5.32 Å². The lowest BCUT2D eigenvalue weighted by Crippen LogP contribution is -2.40. The van der Waals surface area contributed by atoms with Crippen molar-refractivity contribution in [3.05, 3.63) is 42.0 Å². The third-order valence-corrected chi connectivity index (χ3v) is 4.89. The first-order valence-electron chi connectivity index (χ1n) is 9.56. The van der Waals surface area contributed by atoms with Crippen molar-refractivity contribution in [1.29, 1.82) is 0 Å². The van der Waals surface area contributed by atoms with Gasteiger partial charge in [0.1, 0.15) is 13.2 Å². The molecule has 0 unspecified atom stereocenters. The lowest BCUT2D eigenvalue weighted by molar-refractivity contribution is 0.171. The molecule has 0 aliphatic carbocycles. The van der Waals surface area contributed by atoms with Crippen molar-refractivity contribution in [2.24, 2.45) is 4.99 Å². The molecule has 0 bridgehead atoms. The topological polar surface area (TPSA) is 73.3 Å². The number of aliphatic imine (C=N–C) groups is 1. The fraction of sp³-hybridized carbons (Fsp3) is 0.409. The maximum Gasteiger partial charge on any atom is 0.195 e. The molecule has 0 amide bonds. The van der Waals surface area contributed by atoms with Crippen molar-refractivity contribution in [3.8, 4) is 23.0 Å². The van der Waals surface area contributed by atoms with E-state index in [2.05, 4.69) is 41.6 Å². The summed E-state index contributed by atoms with van der Waals surface area (Å²) in [5, 5.41) is 6.68. The summed E-state index contributed by atoms with van der Waals surface area (Å²) in [6.07, 6.45) is 0. The Balaban J connectivity index is 0.00000320. The first-order chi connectivity index (χ1) is 14.0. The van der Waals surface area contributed by atoms with Crippen LogP contribution in [0, 0.1) is 0 Å². The molecule has 0 saturated heterocycles. The highest BCUT2D eigenvalue weighted by Gasteiger charge is 2.24. The second kappa shape index (κ2) is 10.6. The van der Waals surface area contributed by atoms with Crippen molar-refractivity contribution in [2.45, 2.75) is 19.3 Å². The van der Waals surface area contributed by atoms with Crippen LogP contribution in [0.2, 0.25) is 0 Å². The summed E-state index contributed by atoms with van der Waals surface area (Å²) >= 11 is 0. The van der Waals surface area contributed by atoms with E-state index in [1.165, 1.54) is 0 Å². The second-order valence-electron chi connectivity index (χ2n) is 7.36. The van der Waals surface area contributed by atoms with Gasteiger partial charge in [-0.05, 0) is 29.8 Å². The minimum atomic E-state index is -0.148. The quantitative estimate of drug-likeness (QED) is 0.336. The number of hydrogen-bond acceptors (Lipinski definition) is 5. The number of benzene rings is 2. The number of anilines is 1. The zero-order valence-corrected chi connectivity index (χ0v) is 20.4. The Bertz CT molecular complexity index is 887. The molecule has 0 saturated carbocycles. The molecule has 0 radical (unpaired) electrons. The number of methoxy groups -OCH3 is 2. The summed E-state index contributed by atoms with van der Waals surface area (Å²) in [6.45, 7) is 6.20. The van der Waals surface area contributed by atoms with Gasteiger partial charge >= 0.3 is 0 Å². The molecule has 1 aliphatic rings. The van der Waals surface area contributed by atoms with Crippen LogP contribution in [0.3, 0.4) is 0 Å². The van der Waals surface area contributed by atoms with Crippen LogP contribution in [0.15, 0.2) is 41.4 Å². The van der Waals surface area contributed by atoms with Gasteiger partial charge in [-0.15, -0.1) is 24.0 Å². The monoisotopic (exact) mass is 527 g/mol. The lowest BCUT2D eigenvalue weighted by atomic mass is 9.84. The number of rotatable bonds is 6. The summed E-state index contributed by atoms with van der Waals surface area (Å²) in [5.74, 6) is 3.61. The molecule has 1 heterocycles. The Morgan fingerprint density at radius 2 is 1.70 bits per heavy atom. The molecular weight excluding hydrogens is 497 g/mol. The molecule has 0 spiro atoms. The Morgan fingerprint density at radius 3 is 2.37 bits per heavy atom. The van der Waals surface area contributed by atoms with E-state index in [4.69, 9.17) is 18.9 Å². The van der Waals surface area contributed by atoms with Crippen molar-refractivity contribution < 1.29 is 18.9 Å². The Kier molecular flexibility index (Phi) is 8.45. The number of halogens is 1. The smallest absolute Gasteiger partial charge is 0.195 e. The third kappa shape index (κ3) is 5.62. The van der Waals surface area contributed by atoms with Crippen molar-refractivity contribution in [3.63, 3.8) is 0 Å². The van der Waals surface area contributed by atoms with Gasteiger partial charge in [0, 0.05) is 30.8 Å². The van der Waals surface area contributed by atoms with E-state index in [1.54, 1.807) is 21.3 Å². The SMILES string of the molecule is CN=C(NCC(C)(C)c1ccc2c(c1)OCCO2)Nc1ccc(OC)c(OC)c1.I. The summed E-state index contributed by atoms with van der Waals surface area (Å²) in [5.41, 5.74) is 1.87. The van der Waals surface area contributed by atoms with E-state index >= 15 is 0 Å². The summed E-state index contributed by atoms with van der Waals surface area (Å²) in [6, 6.07) is 11.8. The molecular formula is C22H30IN3O4. The average molecular weight is 527 g/mol. The maximum absolute atomic E-state index is 5.72. The molecule has 0 atom stereocenters. The predicted octanol–water partition coefficient (Wildman–Crippen LogP) is 4.06. The zero-order chi connectivity index (χ0) is 20.9. The van der Waals surface area contributed by atoms with Crippen LogP contribution in [-0.4, -0.2) is 47.0 Å². The summed E-state index contributed by atoms with van der Waals surface area (Å²) in [7, 11) is 4.98. The van der Waals surface area contributed by atoms with Crippen LogP contribution in [0.25, 0.3) is 0 Å². The molecule has 0 fully saturated rings. The van der Waals surface area contributed by atoms with E-state index < -0.39 is 0 Å². The number of fused-ring (bicyclic) bond motifs is 1. The molecule has 3 rings (SSSR count). The number of nitrogens with one attached hydrogen (secondary N) is 2. The Morgan fingerprint density at radius 1 is 1.00 bits per heavy atom. The van der Waals surface area contributed by atoms with Gasteiger partial charge in [0.05, 0.1) is 14.2 Å². The van der Waals surface area contributed by atoms with Crippen LogP contribution in [0.4, 0.5) is 5.69 Å². The van der Waals surface area contributed by atoms with Crippen LogP contribution in [0.5, 0.6) is 23.0 Å². The Labute approximate surface area is 195 Å². The van der Waals surface area contributed by atoms with Crippen LogP contribution >= 0.6 is 24.0 Å². The highest BCUT2D eigenvalue weighted by atomic mass is 127. The second-order valence-corrected chi connectivity index (χ2v) is 7.36. The van der Waals surface area contributed by atoms with Crippen molar-refractivity contribution >= 4 is 35.6 Å². The number of hydrogen-bond donors (Lipinski definition) is 2. The highest BCUT2D eigenvalue weighted by Crippen LogP contribution is 2.35. The average Bonchev–Trinajstić information content (AvgIpc) is 2.76. The molecule has 164 valence electrons. The molecule has 2 N–H and O–H groups in total. The minimum absolute atomic E-state index is 0. The zero-order valence-electron chi connectivity index (χ0n) is 18.1. The van der Waals surface area contributed by atoms with Gasteiger partial charge in [0.25, 0.3) is 0 Å². The van der Waals surface area contributed by atoms with E-state index in [0.29, 0.717) is 37.2 Å². The van der Waals surface area contributed by atoms with E-state index in [1.807, 2.05) is 24.3 Å². The van der Waals surface area contributed by atoms with E-state index in [0.717, 1.165) is 22.7 Å². The van der Waals surface area contributed by atoms with E-state index in [-0.39, 0.29) is 29.4 Å². The van der Waals surface area contributed by atoms with E-state index in [9.17, 15) is 0 Å². The van der Waals surface area contributed by atoms with Gasteiger partial charge in [0.15, 0.2) is 29.0 Å². The van der Waals surface area contributed by atoms with Gasteiger partial charge in [-0.1, -0.05) is 19.9 Å². The molecule has 8 heteroatoms. The van der Waals surface area contributed by atoms with Crippen LogP contribution in [-0.2, 0) is 5.41 Å². The Hall–Kier alpha value is -2.36. The van der Waals surface area contributed by atoms with Crippen LogP contribution in [0.1, 0.15) is 19.4 Å². The minimum Gasteiger partial charge on any atom is -0.493 e. The summed E-state index contributed by atoms with van der Waals surface area (Å²) in [4.78, 5) is 4.33. The highest BCUT2D eigenvalue weighted by molar-refractivity contribution is 14.0. The summed E-state index contributed by atoms with van der Waals surface area (Å²) < 4.78 is 22.0. The molecule has 2 aromatic rings. The predicted molar refractivity (Wildman–Crippen MR) is 130 cm³/mol. The third-order valence-electron chi connectivity index (χ3n) is 4.89. The van der Waals surface area contributed by atoms with Crippen molar-refractivity contribution in [2.75, 3.05) is 46.3 Å². The first kappa shape index (κ1) is 23.9. The molecule has 1 aliphatic heterocycles. The first-order valence-corrected chi connectivity index (χ1v) is 9.56. The fourth-order valence-corrected chi connectivity index (χ4v) is 3.10. The van der Waals surface area contributed by atoms with Gasteiger partial charge in [0.2, 0.25) is 0 Å². The molecule has 2 aromatic carbocycles. The lowest BCUT2D eigenvalue weighted by Gasteiger charge is -2.28. The van der Waals surface area contributed by atoms with Gasteiger partial charge < -0.3 is 29.6 Å². The standard InChI is InChI=1S/C22H29N3O4.HI/c1-22(2,15-6-8-18-20(12-15)29-11-10-28-18)14-24-21(23-3)25-16-7-9-17(26-4)19(13-16)27-5;/h6-9,12-13H,10-11,14H2,1-5H3,(H2,23,24,25);1H. The van der Waals surface area contributed by atoms with Gasteiger partial charge in [-0.25, -0.2) is 0 Å². The normalized spacial score (nSPS) is 13.2. The fourth-order valence-electron chi connectivity index (χ4n) is 3.10. The molecule has 7 nitrogen and oxygen atoms in total. The number of guanidine groups is 1. The number of ether oxygens (including phenoxy) is 4. The molecule has 30 heavy (non-hydrogen) atoms. The van der Waals surface area contributed by atoms with Crippen LogP contribution < -0.4 is 29.6 Å². The largest absolute Gasteiger partial charge is 0.493 e. The maximum atomic E-state index is 5.72. The van der Waals surface area contributed by atoms with Gasteiger partial charge in [-0.2, -0.15) is 0 Å².